The number of benzene rings is 1. The van der Waals surface area contributed by atoms with Crippen LogP contribution < -0.4 is 5.32 Å². The summed E-state index contributed by atoms with van der Waals surface area (Å²) in [4.78, 5) is 12.4. The quantitative estimate of drug-likeness (QED) is 0.801. The van der Waals surface area contributed by atoms with Crippen molar-refractivity contribution in [1.29, 1.82) is 0 Å². The lowest BCUT2D eigenvalue weighted by atomic mass is 10.1. The zero-order chi connectivity index (χ0) is 17.6. The van der Waals surface area contributed by atoms with Gasteiger partial charge in [0.1, 0.15) is 5.03 Å². The molecule has 1 saturated carbocycles. The summed E-state index contributed by atoms with van der Waals surface area (Å²) in [5.41, 5.74) is 2.11. The summed E-state index contributed by atoms with van der Waals surface area (Å²) in [6, 6.07) is 5.61. The molecule has 0 heterocycles. The largest absolute Gasteiger partial charge is 0.426 e. The molecule has 2 unspecified atom stereocenters. The second kappa shape index (κ2) is 5.86. The number of anilines is 1. The van der Waals surface area contributed by atoms with Gasteiger partial charge in [-0.25, -0.2) is 0 Å². The second-order valence-electron chi connectivity index (χ2n) is 6.64. The Kier molecular flexibility index (Phi) is 4.55. The Balaban J connectivity index is 2.14. The molecule has 0 saturated heterocycles. The molecule has 126 valence electrons. The van der Waals surface area contributed by atoms with Crippen molar-refractivity contribution in [2.75, 3.05) is 5.32 Å². The Bertz CT molecular complexity index is 664. The van der Waals surface area contributed by atoms with Crippen LogP contribution in [0.4, 0.5) is 18.9 Å². The van der Waals surface area contributed by atoms with Gasteiger partial charge in [-0.3, -0.25) is 4.79 Å². The molecule has 0 radical (unpaired) electrons. The third-order valence-electron chi connectivity index (χ3n) is 4.43. The predicted molar refractivity (Wildman–Crippen MR) is 85.3 cm³/mol. The first-order chi connectivity index (χ1) is 10.4. The van der Waals surface area contributed by atoms with E-state index in [4.69, 9.17) is 11.6 Å². The molecule has 1 aliphatic carbocycles. The lowest BCUT2D eigenvalue weighted by Gasteiger charge is -2.09. The van der Waals surface area contributed by atoms with E-state index >= 15 is 0 Å². The van der Waals surface area contributed by atoms with Crippen LogP contribution >= 0.6 is 11.6 Å². The van der Waals surface area contributed by atoms with E-state index < -0.39 is 28.5 Å². The van der Waals surface area contributed by atoms with Gasteiger partial charge in [-0.2, -0.15) is 13.2 Å². The Morgan fingerprint density at radius 3 is 2.43 bits per heavy atom. The summed E-state index contributed by atoms with van der Waals surface area (Å²) in [7, 11) is 0. The van der Waals surface area contributed by atoms with Crippen LogP contribution in [0, 0.1) is 31.1 Å². The number of carbonyl (C=O) groups excluding carboxylic acids is 1. The van der Waals surface area contributed by atoms with Crippen LogP contribution in [-0.4, -0.2) is 12.1 Å². The molecular formula is C17H19ClF3NO. The van der Waals surface area contributed by atoms with Gasteiger partial charge < -0.3 is 5.32 Å². The Labute approximate surface area is 138 Å². The number of alkyl halides is 3. The fourth-order valence-corrected chi connectivity index (χ4v) is 3.04. The Hall–Kier alpha value is -1.49. The van der Waals surface area contributed by atoms with Crippen molar-refractivity contribution in [3.8, 4) is 0 Å². The highest BCUT2D eigenvalue weighted by Gasteiger charge is 2.61. The lowest BCUT2D eigenvalue weighted by molar-refractivity contribution is -0.118. The highest BCUT2D eigenvalue weighted by atomic mass is 35.5. The van der Waals surface area contributed by atoms with Gasteiger partial charge in [-0.05, 0) is 36.8 Å². The highest BCUT2D eigenvalue weighted by molar-refractivity contribution is 6.30. The minimum atomic E-state index is -4.57. The zero-order valence-corrected chi connectivity index (χ0v) is 14.1. The van der Waals surface area contributed by atoms with Crippen molar-refractivity contribution in [1.82, 2.24) is 0 Å². The molecule has 0 aromatic heterocycles. The van der Waals surface area contributed by atoms with Crippen molar-refractivity contribution >= 4 is 23.2 Å². The summed E-state index contributed by atoms with van der Waals surface area (Å²) in [5, 5.41) is 1.64. The lowest BCUT2D eigenvalue weighted by Crippen LogP contribution is -2.17. The van der Waals surface area contributed by atoms with Crippen LogP contribution in [0.3, 0.4) is 0 Å². The number of carbonyl (C=O) groups is 1. The summed E-state index contributed by atoms with van der Waals surface area (Å²) in [6.07, 6.45) is -3.62. The van der Waals surface area contributed by atoms with Gasteiger partial charge >= 0.3 is 6.18 Å². The molecule has 1 N–H and O–H groups in total. The molecule has 1 aromatic carbocycles. The van der Waals surface area contributed by atoms with Crippen molar-refractivity contribution in [3.05, 3.63) is 40.4 Å². The third kappa shape index (κ3) is 3.71. The SMILES string of the molecule is Cc1ccc(NC(=O)C2C(C=C(Cl)C(F)(F)F)C2(C)C)c(C)c1. The molecule has 1 amide bonds. The van der Waals surface area contributed by atoms with E-state index in [1.807, 2.05) is 26.0 Å². The minimum absolute atomic E-state index is 0.283. The third-order valence-corrected chi connectivity index (χ3v) is 4.77. The summed E-state index contributed by atoms with van der Waals surface area (Å²) in [6.45, 7) is 7.35. The summed E-state index contributed by atoms with van der Waals surface area (Å²) >= 11 is 5.30. The fraction of sp³-hybridized carbons (Fsp3) is 0.471. The first-order valence-corrected chi connectivity index (χ1v) is 7.65. The molecule has 2 nitrogen and oxygen atoms in total. The monoisotopic (exact) mass is 345 g/mol. The van der Waals surface area contributed by atoms with Gasteiger partial charge in [0.25, 0.3) is 0 Å². The number of allylic oxidation sites excluding steroid dienone is 2. The van der Waals surface area contributed by atoms with Gasteiger partial charge in [0.15, 0.2) is 0 Å². The van der Waals surface area contributed by atoms with Gasteiger partial charge in [0.05, 0.1) is 5.92 Å². The summed E-state index contributed by atoms with van der Waals surface area (Å²) in [5.74, 6) is -1.34. The number of halogens is 4. The van der Waals surface area contributed by atoms with E-state index in [0.29, 0.717) is 5.69 Å². The van der Waals surface area contributed by atoms with Gasteiger partial charge in [0, 0.05) is 5.69 Å². The molecule has 6 heteroatoms. The highest BCUT2D eigenvalue weighted by Crippen LogP contribution is 2.60. The van der Waals surface area contributed by atoms with E-state index in [0.717, 1.165) is 17.2 Å². The molecule has 2 atom stereocenters. The van der Waals surface area contributed by atoms with Gasteiger partial charge in [-0.15, -0.1) is 0 Å². The van der Waals surface area contributed by atoms with Crippen LogP contribution in [-0.2, 0) is 4.79 Å². The average molecular weight is 346 g/mol. The molecule has 0 spiro atoms. The second-order valence-corrected chi connectivity index (χ2v) is 7.05. The van der Waals surface area contributed by atoms with Crippen molar-refractivity contribution in [2.24, 2.45) is 17.3 Å². The zero-order valence-electron chi connectivity index (χ0n) is 13.4. The topological polar surface area (TPSA) is 29.1 Å². The number of rotatable bonds is 3. The molecule has 0 bridgehead atoms. The van der Waals surface area contributed by atoms with Crippen molar-refractivity contribution in [3.63, 3.8) is 0 Å². The number of amides is 1. The molecule has 1 aromatic rings. The van der Waals surface area contributed by atoms with E-state index in [1.54, 1.807) is 19.9 Å². The van der Waals surface area contributed by atoms with E-state index in [2.05, 4.69) is 5.32 Å². The van der Waals surface area contributed by atoms with Crippen LogP contribution in [0.25, 0.3) is 0 Å². The van der Waals surface area contributed by atoms with Crippen molar-refractivity contribution in [2.45, 2.75) is 33.9 Å². The Morgan fingerprint density at radius 2 is 1.91 bits per heavy atom. The summed E-state index contributed by atoms with van der Waals surface area (Å²) < 4.78 is 37.7. The normalized spacial score (nSPS) is 23.6. The maximum absolute atomic E-state index is 12.6. The standard InChI is InChI=1S/C17H19ClF3NO/c1-9-5-6-12(10(2)7-9)22-15(23)14-11(16(14,3)4)8-13(18)17(19,20)21/h5-8,11,14H,1-4H3,(H,22,23). The Morgan fingerprint density at radius 1 is 1.30 bits per heavy atom. The first-order valence-electron chi connectivity index (χ1n) is 7.27. The molecular weight excluding hydrogens is 327 g/mol. The smallest absolute Gasteiger partial charge is 0.326 e. The number of nitrogens with one attached hydrogen (secondary N) is 1. The maximum Gasteiger partial charge on any atom is 0.426 e. The molecule has 1 aliphatic rings. The average Bonchev–Trinajstić information content (AvgIpc) is 2.93. The van der Waals surface area contributed by atoms with Crippen LogP contribution in [0.1, 0.15) is 25.0 Å². The van der Waals surface area contributed by atoms with Crippen LogP contribution in [0.15, 0.2) is 29.3 Å². The molecule has 23 heavy (non-hydrogen) atoms. The van der Waals surface area contributed by atoms with E-state index in [1.165, 1.54) is 0 Å². The number of hydrogen-bond donors (Lipinski definition) is 1. The first kappa shape index (κ1) is 17.9. The maximum atomic E-state index is 12.6. The van der Waals surface area contributed by atoms with Gasteiger partial charge in [0.2, 0.25) is 5.91 Å². The predicted octanol–water partition coefficient (Wildman–Crippen LogP) is 5.20. The fourth-order valence-electron chi connectivity index (χ4n) is 2.91. The molecule has 1 fully saturated rings. The van der Waals surface area contributed by atoms with Gasteiger partial charge in [-0.1, -0.05) is 49.2 Å². The molecule has 2 rings (SSSR count). The minimum Gasteiger partial charge on any atom is -0.326 e. The van der Waals surface area contributed by atoms with Crippen molar-refractivity contribution < 1.29 is 18.0 Å². The van der Waals surface area contributed by atoms with E-state index in [9.17, 15) is 18.0 Å². The number of aryl methyl sites for hydroxylation is 2. The van der Waals surface area contributed by atoms with E-state index in [-0.39, 0.29) is 5.91 Å². The van der Waals surface area contributed by atoms with Crippen LogP contribution in [0.2, 0.25) is 0 Å². The molecule has 0 aliphatic heterocycles. The number of hydrogen-bond acceptors (Lipinski definition) is 1. The van der Waals surface area contributed by atoms with Crippen LogP contribution in [0.5, 0.6) is 0 Å².